The zero-order valence-electron chi connectivity index (χ0n) is 13.8. The van der Waals surface area contributed by atoms with Crippen LogP contribution in [0.15, 0.2) is 45.7 Å². The van der Waals surface area contributed by atoms with Crippen LogP contribution in [0.2, 0.25) is 0 Å². The first-order valence-electron chi connectivity index (χ1n) is 7.79. The highest BCUT2D eigenvalue weighted by atomic mass is 32.2. The van der Waals surface area contributed by atoms with Gasteiger partial charge in [-0.25, -0.2) is 4.79 Å². The van der Waals surface area contributed by atoms with Crippen LogP contribution in [0.5, 0.6) is 0 Å². The molecule has 2 heterocycles. The minimum Gasteiger partial charge on any atom is -0.459 e. The van der Waals surface area contributed by atoms with Gasteiger partial charge in [0, 0.05) is 5.56 Å². The summed E-state index contributed by atoms with van der Waals surface area (Å²) in [6.07, 6.45) is 1.87. The molecule has 0 unspecified atom stereocenters. The summed E-state index contributed by atoms with van der Waals surface area (Å²) < 4.78 is 11.6. The molecule has 128 valence electrons. The van der Waals surface area contributed by atoms with Crippen LogP contribution < -0.4 is 0 Å². The second kappa shape index (κ2) is 7.37. The Bertz CT molecular complexity index is 860. The Balaban J connectivity index is 1.76. The Morgan fingerprint density at radius 1 is 1.24 bits per heavy atom. The van der Waals surface area contributed by atoms with E-state index in [0.29, 0.717) is 32.6 Å². The molecule has 0 saturated carbocycles. The third-order valence-corrected chi connectivity index (χ3v) is 4.78. The number of thioether (sulfide) groups is 1. The van der Waals surface area contributed by atoms with Gasteiger partial charge in [0.1, 0.15) is 11.5 Å². The summed E-state index contributed by atoms with van der Waals surface area (Å²) in [6, 6.07) is 10.6. The number of rotatable bonds is 4. The maximum atomic E-state index is 11.9. The number of benzene rings is 1. The Labute approximate surface area is 155 Å². The molecule has 1 aliphatic heterocycles. The molecule has 0 N–H and O–H groups in total. The second-order valence-electron chi connectivity index (χ2n) is 5.82. The first kappa shape index (κ1) is 17.6. The van der Waals surface area contributed by atoms with E-state index >= 15 is 0 Å². The zero-order chi connectivity index (χ0) is 18.0. The van der Waals surface area contributed by atoms with E-state index in [4.69, 9.17) is 21.4 Å². The third-order valence-electron chi connectivity index (χ3n) is 3.45. The van der Waals surface area contributed by atoms with Gasteiger partial charge in [-0.1, -0.05) is 36.1 Å². The highest BCUT2D eigenvalue weighted by Crippen LogP contribution is 2.33. The van der Waals surface area contributed by atoms with Gasteiger partial charge in [0.15, 0.2) is 5.78 Å². The standard InChI is InChI=1S/C19H16O4S2/c1-11(2)22-19(21)13-5-3-12(4-6-13)16-8-7-14(23-16)9-17-15(20)10-18(24)25-17/h3-9,11H,10H2,1-2H3/b17-9+. The van der Waals surface area contributed by atoms with Crippen LogP contribution in [0.4, 0.5) is 0 Å². The van der Waals surface area contributed by atoms with E-state index < -0.39 is 0 Å². The van der Waals surface area contributed by atoms with Gasteiger partial charge in [0.05, 0.1) is 27.2 Å². The summed E-state index contributed by atoms with van der Waals surface area (Å²) in [5.41, 5.74) is 1.33. The average Bonchev–Trinajstić information content (AvgIpc) is 3.14. The van der Waals surface area contributed by atoms with Crippen LogP contribution in [0, 0.1) is 0 Å². The Morgan fingerprint density at radius 2 is 1.96 bits per heavy atom. The van der Waals surface area contributed by atoms with Gasteiger partial charge in [0.2, 0.25) is 0 Å². The molecule has 0 spiro atoms. The van der Waals surface area contributed by atoms with Crippen LogP contribution in [-0.4, -0.2) is 22.1 Å². The number of ketones is 1. The van der Waals surface area contributed by atoms with E-state index in [0.717, 1.165) is 5.56 Å². The topological polar surface area (TPSA) is 56.5 Å². The highest BCUT2D eigenvalue weighted by Gasteiger charge is 2.23. The summed E-state index contributed by atoms with van der Waals surface area (Å²) in [5.74, 6) is 0.938. The van der Waals surface area contributed by atoms with Crippen LogP contribution in [0.1, 0.15) is 36.4 Å². The van der Waals surface area contributed by atoms with E-state index in [9.17, 15) is 9.59 Å². The highest BCUT2D eigenvalue weighted by molar-refractivity contribution is 8.27. The fourth-order valence-corrected chi connectivity index (χ4v) is 3.52. The zero-order valence-corrected chi connectivity index (χ0v) is 15.4. The van der Waals surface area contributed by atoms with Gasteiger partial charge in [0.25, 0.3) is 0 Å². The Morgan fingerprint density at radius 3 is 2.56 bits per heavy atom. The molecular formula is C19H16O4S2. The smallest absolute Gasteiger partial charge is 0.338 e. The monoisotopic (exact) mass is 372 g/mol. The van der Waals surface area contributed by atoms with Gasteiger partial charge < -0.3 is 9.15 Å². The van der Waals surface area contributed by atoms with Crippen molar-refractivity contribution in [3.05, 3.63) is 52.6 Å². The number of hydrogen-bond donors (Lipinski definition) is 0. The number of esters is 1. The first-order valence-corrected chi connectivity index (χ1v) is 9.01. The molecule has 3 rings (SSSR count). The van der Waals surface area contributed by atoms with Crippen molar-refractivity contribution >= 4 is 46.0 Å². The lowest BCUT2D eigenvalue weighted by atomic mass is 10.1. The van der Waals surface area contributed by atoms with Gasteiger partial charge in [-0.3, -0.25) is 4.79 Å². The summed E-state index contributed by atoms with van der Waals surface area (Å²) in [6.45, 7) is 3.62. The number of Topliss-reactive ketones (excluding diaryl/α,β-unsaturated/α-hetero) is 1. The number of ether oxygens (including phenoxy) is 1. The molecule has 1 aromatic carbocycles. The molecule has 0 atom stereocenters. The van der Waals surface area contributed by atoms with Gasteiger partial charge in [-0.15, -0.1) is 0 Å². The van der Waals surface area contributed by atoms with Crippen molar-refractivity contribution < 1.29 is 18.7 Å². The molecule has 0 bridgehead atoms. The molecule has 0 aliphatic carbocycles. The number of allylic oxidation sites excluding steroid dienone is 1. The van der Waals surface area contributed by atoms with E-state index in [1.54, 1.807) is 36.4 Å². The summed E-state index contributed by atoms with van der Waals surface area (Å²) in [7, 11) is 0. The molecule has 4 nitrogen and oxygen atoms in total. The summed E-state index contributed by atoms with van der Waals surface area (Å²) >= 11 is 6.38. The third kappa shape index (κ3) is 4.27. The fourth-order valence-electron chi connectivity index (χ4n) is 2.31. The number of thiocarbonyl (C=S) groups is 1. The van der Waals surface area contributed by atoms with Crippen molar-refractivity contribution in [3.8, 4) is 11.3 Å². The van der Waals surface area contributed by atoms with Crippen molar-refractivity contribution in [2.24, 2.45) is 0 Å². The molecule has 6 heteroatoms. The molecule has 0 radical (unpaired) electrons. The molecule has 25 heavy (non-hydrogen) atoms. The maximum absolute atomic E-state index is 11.9. The van der Waals surface area contributed by atoms with Gasteiger partial charge in [-0.2, -0.15) is 0 Å². The van der Waals surface area contributed by atoms with Crippen molar-refractivity contribution in [3.63, 3.8) is 0 Å². The Kier molecular flexibility index (Phi) is 5.20. The number of carbonyl (C=O) groups is 2. The minimum atomic E-state index is -0.348. The van der Waals surface area contributed by atoms with Crippen molar-refractivity contribution in [2.45, 2.75) is 26.4 Å². The fraction of sp³-hybridized carbons (Fsp3) is 0.211. The predicted octanol–water partition coefficient (Wildman–Crippen LogP) is 4.89. The largest absolute Gasteiger partial charge is 0.459 e. The molecular weight excluding hydrogens is 356 g/mol. The molecule has 1 aliphatic rings. The maximum Gasteiger partial charge on any atom is 0.338 e. The number of hydrogen-bond acceptors (Lipinski definition) is 6. The van der Waals surface area contributed by atoms with E-state index in [1.165, 1.54) is 11.8 Å². The van der Waals surface area contributed by atoms with Crippen molar-refractivity contribution in [2.75, 3.05) is 0 Å². The van der Waals surface area contributed by atoms with Crippen molar-refractivity contribution in [1.82, 2.24) is 0 Å². The lowest BCUT2D eigenvalue weighted by Gasteiger charge is -2.07. The molecule has 1 fully saturated rings. The van der Waals surface area contributed by atoms with Crippen molar-refractivity contribution in [1.29, 1.82) is 0 Å². The van der Waals surface area contributed by atoms with Crippen LogP contribution >= 0.6 is 24.0 Å². The quantitative estimate of drug-likeness (QED) is 0.433. The normalized spacial score (nSPS) is 16.0. The molecule has 0 amide bonds. The van der Waals surface area contributed by atoms with Crippen LogP contribution in [0.25, 0.3) is 17.4 Å². The second-order valence-corrected chi connectivity index (χ2v) is 7.70. The average molecular weight is 372 g/mol. The van der Waals surface area contributed by atoms with Crippen LogP contribution in [0.3, 0.4) is 0 Å². The van der Waals surface area contributed by atoms with Gasteiger partial charge in [-0.05, 0) is 44.2 Å². The predicted molar refractivity (Wildman–Crippen MR) is 102 cm³/mol. The lowest BCUT2D eigenvalue weighted by Crippen LogP contribution is -2.11. The first-order chi connectivity index (χ1) is 11.9. The number of furan rings is 1. The lowest BCUT2D eigenvalue weighted by molar-refractivity contribution is -0.113. The van der Waals surface area contributed by atoms with Gasteiger partial charge >= 0.3 is 5.97 Å². The number of carbonyl (C=O) groups excluding carboxylic acids is 2. The summed E-state index contributed by atoms with van der Waals surface area (Å²) in [5, 5.41) is 0. The SMILES string of the molecule is CC(C)OC(=O)c1ccc(-c2ccc(/C=C3/SC(=S)CC3=O)o2)cc1. The van der Waals surface area contributed by atoms with E-state index in [1.807, 2.05) is 19.9 Å². The van der Waals surface area contributed by atoms with E-state index in [-0.39, 0.29) is 17.9 Å². The molecule has 2 aromatic rings. The summed E-state index contributed by atoms with van der Waals surface area (Å²) in [4.78, 5) is 24.2. The van der Waals surface area contributed by atoms with E-state index in [2.05, 4.69) is 0 Å². The van der Waals surface area contributed by atoms with Crippen LogP contribution in [-0.2, 0) is 9.53 Å². The Hall–Kier alpha value is -2.18. The molecule has 1 saturated heterocycles. The molecule has 1 aromatic heterocycles. The minimum absolute atomic E-state index is 0.0287.